The van der Waals surface area contributed by atoms with Crippen LogP contribution < -0.4 is 11.3 Å². The molecule has 3 nitrogen and oxygen atoms in total. The lowest BCUT2D eigenvalue weighted by Crippen LogP contribution is -2.29. The van der Waals surface area contributed by atoms with E-state index in [1.807, 2.05) is 30.3 Å². The zero-order valence-electron chi connectivity index (χ0n) is 11.1. The highest BCUT2D eigenvalue weighted by Gasteiger charge is 2.18. The Morgan fingerprint density at radius 2 is 1.86 bits per heavy atom. The molecule has 5 heteroatoms. The molecule has 106 valence electrons. The first-order chi connectivity index (χ1) is 10.2. The first kappa shape index (κ1) is 14.7. The molecule has 0 aliphatic rings. The fourth-order valence-corrected chi connectivity index (χ4v) is 3.32. The van der Waals surface area contributed by atoms with Gasteiger partial charge in [0.15, 0.2) is 0 Å². The van der Waals surface area contributed by atoms with E-state index in [0.717, 1.165) is 31.0 Å². The second-order valence-corrected chi connectivity index (χ2v) is 6.45. The monoisotopic (exact) mass is 405 g/mol. The average molecular weight is 407 g/mol. The van der Waals surface area contributed by atoms with Crippen molar-refractivity contribution >= 4 is 42.8 Å². The van der Waals surface area contributed by atoms with Gasteiger partial charge in [-0.15, -0.1) is 0 Å². The van der Waals surface area contributed by atoms with Crippen LogP contribution >= 0.6 is 31.9 Å². The Balaban J connectivity index is 2.21. The van der Waals surface area contributed by atoms with Crippen molar-refractivity contribution in [1.29, 1.82) is 0 Å². The van der Waals surface area contributed by atoms with Crippen LogP contribution in [0.25, 0.3) is 10.9 Å². The number of rotatable bonds is 3. The van der Waals surface area contributed by atoms with E-state index in [4.69, 9.17) is 5.84 Å². The normalized spacial score (nSPS) is 12.5. The number of aromatic nitrogens is 1. The van der Waals surface area contributed by atoms with Gasteiger partial charge in [0.25, 0.3) is 0 Å². The molecule has 0 aliphatic carbocycles. The number of pyridine rings is 1. The topological polar surface area (TPSA) is 50.9 Å². The highest BCUT2D eigenvalue weighted by molar-refractivity contribution is 9.11. The first-order valence-electron chi connectivity index (χ1n) is 6.45. The molecule has 1 aromatic heterocycles. The standard InChI is InChI=1S/C16H13Br2N3/c17-10-6-7-14(18)13(9-10)16(21-19)12-3-1-5-15-11(12)4-2-8-20-15/h1-9,16,21H,19H2. The zero-order valence-corrected chi connectivity index (χ0v) is 14.2. The van der Waals surface area contributed by atoms with Crippen LogP contribution in [0, 0.1) is 0 Å². The van der Waals surface area contributed by atoms with E-state index < -0.39 is 0 Å². The first-order valence-corrected chi connectivity index (χ1v) is 8.04. The highest BCUT2D eigenvalue weighted by Crippen LogP contribution is 2.33. The zero-order chi connectivity index (χ0) is 14.8. The lowest BCUT2D eigenvalue weighted by Gasteiger charge is -2.20. The van der Waals surface area contributed by atoms with Gasteiger partial charge in [0.05, 0.1) is 11.6 Å². The fourth-order valence-electron chi connectivity index (χ4n) is 2.46. The van der Waals surface area contributed by atoms with E-state index >= 15 is 0 Å². The van der Waals surface area contributed by atoms with E-state index in [1.54, 1.807) is 6.20 Å². The minimum absolute atomic E-state index is 0.121. The van der Waals surface area contributed by atoms with Crippen LogP contribution in [0.1, 0.15) is 17.2 Å². The van der Waals surface area contributed by atoms with Crippen molar-refractivity contribution < 1.29 is 0 Å². The summed E-state index contributed by atoms with van der Waals surface area (Å²) >= 11 is 7.12. The molecule has 0 aliphatic heterocycles. The average Bonchev–Trinajstić information content (AvgIpc) is 2.51. The predicted molar refractivity (Wildman–Crippen MR) is 92.8 cm³/mol. The lowest BCUT2D eigenvalue weighted by atomic mass is 9.96. The van der Waals surface area contributed by atoms with Crippen LogP contribution in [0.5, 0.6) is 0 Å². The summed E-state index contributed by atoms with van der Waals surface area (Å²) in [5.74, 6) is 5.84. The molecule has 3 N–H and O–H groups in total. The number of nitrogens with one attached hydrogen (secondary N) is 1. The highest BCUT2D eigenvalue weighted by atomic mass is 79.9. The second-order valence-electron chi connectivity index (χ2n) is 4.68. The third-order valence-electron chi connectivity index (χ3n) is 3.43. The van der Waals surface area contributed by atoms with Gasteiger partial charge in [-0.1, -0.05) is 50.1 Å². The van der Waals surface area contributed by atoms with Crippen molar-refractivity contribution in [2.45, 2.75) is 6.04 Å². The van der Waals surface area contributed by atoms with Gasteiger partial charge in [-0.25, -0.2) is 5.43 Å². The van der Waals surface area contributed by atoms with Gasteiger partial charge in [0, 0.05) is 20.5 Å². The smallest absolute Gasteiger partial charge is 0.0727 e. The number of hydrazine groups is 1. The van der Waals surface area contributed by atoms with E-state index in [9.17, 15) is 0 Å². The van der Waals surface area contributed by atoms with Crippen molar-refractivity contribution in [2.75, 3.05) is 0 Å². The number of benzene rings is 2. The second kappa shape index (κ2) is 6.23. The maximum absolute atomic E-state index is 5.84. The molecule has 0 fully saturated rings. The quantitative estimate of drug-likeness (QED) is 0.503. The minimum atomic E-state index is -0.121. The van der Waals surface area contributed by atoms with Gasteiger partial charge < -0.3 is 0 Å². The summed E-state index contributed by atoms with van der Waals surface area (Å²) in [7, 11) is 0. The maximum atomic E-state index is 5.84. The molecule has 3 rings (SSSR count). The van der Waals surface area contributed by atoms with Crippen molar-refractivity contribution in [3.05, 3.63) is 74.8 Å². The summed E-state index contributed by atoms with van der Waals surface area (Å²) in [5, 5.41) is 1.09. The van der Waals surface area contributed by atoms with Gasteiger partial charge >= 0.3 is 0 Å². The molecule has 3 aromatic rings. The van der Waals surface area contributed by atoms with Gasteiger partial charge in [0.1, 0.15) is 0 Å². The van der Waals surface area contributed by atoms with E-state index in [1.165, 1.54) is 0 Å². The minimum Gasteiger partial charge on any atom is -0.271 e. The molecule has 0 spiro atoms. The number of hydrogen-bond donors (Lipinski definition) is 2. The van der Waals surface area contributed by atoms with Crippen molar-refractivity contribution in [2.24, 2.45) is 5.84 Å². The Morgan fingerprint density at radius 3 is 2.67 bits per heavy atom. The molecule has 0 saturated heterocycles. The van der Waals surface area contributed by atoms with E-state index in [2.05, 4.69) is 60.5 Å². The lowest BCUT2D eigenvalue weighted by molar-refractivity contribution is 0.638. The van der Waals surface area contributed by atoms with Crippen LogP contribution in [-0.2, 0) is 0 Å². The van der Waals surface area contributed by atoms with E-state index in [0.29, 0.717) is 0 Å². The number of hydrogen-bond acceptors (Lipinski definition) is 3. The molecule has 1 unspecified atom stereocenters. The Labute approximate surface area is 139 Å². The molecule has 0 bridgehead atoms. The fraction of sp³-hybridized carbons (Fsp3) is 0.0625. The van der Waals surface area contributed by atoms with Gasteiger partial charge in [-0.3, -0.25) is 10.8 Å². The molecule has 0 saturated carbocycles. The summed E-state index contributed by atoms with van der Waals surface area (Å²) in [5.41, 5.74) is 6.05. The number of nitrogens with zero attached hydrogens (tertiary/aromatic N) is 1. The Morgan fingerprint density at radius 1 is 1.00 bits per heavy atom. The molecule has 2 aromatic carbocycles. The van der Waals surface area contributed by atoms with Crippen LogP contribution in [0.15, 0.2) is 63.7 Å². The number of fused-ring (bicyclic) bond motifs is 1. The number of halogens is 2. The molecule has 1 heterocycles. The van der Waals surface area contributed by atoms with Gasteiger partial charge in [0.2, 0.25) is 0 Å². The third-order valence-corrected chi connectivity index (χ3v) is 4.64. The summed E-state index contributed by atoms with van der Waals surface area (Å²) in [6.45, 7) is 0. The third kappa shape index (κ3) is 2.87. The van der Waals surface area contributed by atoms with Gasteiger partial charge in [-0.2, -0.15) is 0 Å². The van der Waals surface area contributed by atoms with Crippen LogP contribution in [0.4, 0.5) is 0 Å². The van der Waals surface area contributed by atoms with Crippen LogP contribution in [-0.4, -0.2) is 4.98 Å². The van der Waals surface area contributed by atoms with Crippen LogP contribution in [0.3, 0.4) is 0 Å². The predicted octanol–water partition coefficient (Wildman–Crippen LogP) is 4.31. The summed E-state index contributed by atoms with van der Waals surface area (Å²) in [6, 6.07) is 16.0. The molecule has 0 radical (unpaired) electrons. The SMILES string of the molecule is NNC(c1cc(Br)ccc1Br)c1cccc2ncccc12. The largest absolute Gasteiger partial charge is 0.271 e. The molecule has 0 amide bonds. The maximum Gasteiger partial charge on any atom is 0.0727 e. The molecule has 1 atom stereocenters. The van der Waals surface area contributed by atoms with Crippen molar-refractivity contribution in [1.82, 2.24) is 10.4 Å². The molecular formula is C16H13Br2N3. The van der Waals surface area contributed by atoms with Gasteiger partial charge in [-0.05, 0) is 41.5 Å². The summed E-state index contributed by atoms with van der Waals surface area (Å²) in [6.07, 6.45) is 1.80. The van der Waals surface area contributed by atoms with Crippen molar-refractivity contribution in [3.8, 4) is 0 Å². The van der Waals surface area contributed by atoms with E-state index in [-0.39, 0.29) is 6.04 Å². The summed E-state index contributed by atoms with van der Waals surface area (Å²) < 4.78 is 2.02. The summed E-state index contributed by atoms with van der Waals surface area (Å²) in [4.78, 5) is 4.40. The number of nitrogens with two attached hydrogens (primary N) is 1. The molecular weight excluding hydrogens is 394 g/mol. The Hall–Kier alpha value is -1.27. The Kier molecular flexibility index (Phi) is 4.35. The molecule has 21 heavy (non-hydrogen) atoms. The van der Waals surface area contributed by atoms with Crippen molar-refractivity contribution in [3.63, 3.8) is 0 Å². The Bertz CT molecular complexity index is 784. The van der Waals surface area contributed by atoms with Crippen LogP contribution in [0.2, 0.25) is 0 Å².